The van der Waals surface area contributed by atoms with Gasteiger partial charge in [-0.15, -0.1) is 0 Å². The molecule has 0 saturated carbocycles. The van der Waals surface area contributed by atoms with Crippen LogP contribution in [0.25, 0.3) is 0 Å². The van der Waals surface area contributed by atoms with Crippen molar-refractivity contribution in [1.82, 2.24) is 15.2 Å². The van der Waals surface area contributed by atoms with E-state index in [1.807, 2.05) is 6.92 Å². The summed E-state index contributed by atoms with van der Waals surface area (Å²) >= 11 is 0. The molecule has 1 aliphatic rings. The lowest BCUT2D eigenvalue weighted by atomic mass is 9.91. The number of halogens is 3. The Morgan fingerprint density at radius 2 is 2.08 bits per heavy atom. The third-order valence-corrected chi connectivity index (χ3v) is 3.81. The van der Waals surface area contributed by atoms with Gasteiger partial charge >= 0.3 is 18.2 Å². The molecule has 9 heteroatoms. The molecule has 1 saturated heterocycles. The van der Waals surface area contributed by atoms with Crippen LogP contribution in [-0.2, 0) is 17.5 Å². The van der Waals surface area contributed by atoms with Crippen LogP contribution in [0.1, 0.15) is 24.7 Å². The van der Waals surface area contributed by atoms with Crippen molar-refractivity contribution in [2.45, 2.75) is 26.1 Å². The Morgan fingerprint density at radius 3 is 2.71 bits per heavy atom. The average molecular weight is 345 g/mol. The molecule has 1 aliphatic heterocycles. The fourth-order valence-electron chi connectivity index (χ4n) is 2.71. The van der Waals surface area contributed by atoms with Crippen LogP contribution in [0.2, 0.25) is 0 Å². The van der Waals surface area contributed by atoms with E-state index in [1.165, 1.54) is 17.0 Å². The summed E-state index contributed by atoms with van der Waals surface area (Å²) in [6.07, 6.45) is -4.05. The molecule has 2 heterocycles. The number of urea groups is 1. The Balaban J connectivity index is 1.97. The average Bonchev–Trinajstić information content (AvgIpc) is 2.51. The lowest BCUT2D eigenvalue weighted by Gasteiger charge is -2.34. The highest BCUT2D eigenvalue weighted by Crippen LogP contribution is 2.27. The Bertz CT molecular complexity index is 621. The molecule has 2 rings (SSSR count). The molecule has 132 valence electrons. The Labute approximate surface area is 136 Å². The number of nitrogens with one attached hydrogen (secondary N) is 1. The molecule has 0 spiro atoms. The summed E-state index contributed by atoms with van der Waals surface area (Å²) < 4.78 is 37.8. The lowest BCUT2D eigenvalue weighted by molar-refractivity contribution is -0.144. The first-order chi connectivity index (χ1) is 11.2. The summed E-state index contributed by atoms with van der Waals surface area (Å²) in [5.41, 5.74) is -0.940. The molecule has 0 aliphatic carbocycles. The van der Waals surface area contributed by atoms with Gasteiger partial charge in [-0.05, 0) is 24.5 Å². The highest BCUT2D eigenvalue weighted by Gasteiger charge is 2.33. The second-order valence-electron chi connectivity index (χ2n) is 5.95. The molecular formula is C15H18F3N3O3. The second kappa shape index (κ2) is 7.06. The van der Waals surface area contributed by atoms with E-state index < -0.39 is 29.8 Å². The number of carbonyl (C=O) groups is 2. The number of nitrogens with zero attached hydrogens (tertiary/aromatic N) is 2. The molecule has 24 heavy (non-hydrogen) atoms. The molecule has 0 unspecified atom stereocenters. The van der Waals surface area contributed by atoms with Crippen molar-refractivity contribution in [3.8, 4) is 0 Å². The molecule has 1 aromatic rings. The molecule has 2 amide bonds. The van der Waals surface area contributed by atoms with Gasteiger partial charge in [-0.2, -0.15) is 13.2 Å². The van der Waals surface area contributed by atoms with E-state index in [0.29, 0.717) is 13.0 Å². The zero-order chi connectivity index (χ0) is 17.9. The van der Waals surface area contributed by atoms with E-state index in [9.17, 15) is 22.8 Å². The number of likely N-dealkylation sites (tertiary alicyclic amines) is 1. The van der Waals surface area contributed by atoms with Crippen LogP contribution in [0.15, 0.2) is 18.2 Å². The number of carboxylic acids is 1. The van der Waals surface area contributed by atoms with Crippen LogP contribution < -0.4 is 5.32 Å². The van der Waals surface area contributed by atoms with Gasteiger partial charge in [-0.25, -0.2) is 9.78 Å². The van der Waals surface area contributed by atoms with Crippen molar-refractivity contribution in [3.63, 3.8) is 0 Å². The number of alkyl halides is 3. The summed E-state index contributed by atoms with van der Waals surface area (Å²) in [6.45, 7) is 2.18. The van der Waals surface area contributed by atoms with Crippen LogP contribution in [0.5, 0.6) is 0 Å². The lowest BCUT2D eigenvalue weighted by Crippen LogP contribution is -2.49. The minimum absolute atomic E-state index is 0.0392. The number of hydrogen-bond donors (Lipinski definition) is 2. The fraction of sp³-hybridized carbons (Fsp3) is 0.533. The maximum atomic E-state index is 12.6. The molecular weight excluding hydrogens is 327 g/mol. The highest BCUT2D eigenvalue weighted by molar-refractivity contribution is 5.76. The van der Waals surface area contributed by atoms with Crippen LogP contribution in [0, 0.1) is 11.8 Å². The Morgan fingerprint density at radius 1 is 1.38 bits per heavy atom. The molecule has 1 fully saturated rings. The molecule has 0 bridgehead atoms. The van der Waals surface area contributed by atoms with E-state index in [0.717, 1.165) is 6.07 Å². The number of amides is 2. The standard InChI is InChI=1S/C15H18F3N3O3/c1-9-5-10(13(22)23)8-21(7-9)14(24)19-6-11-3-2-4-12(20-11)15(16,17)18/h2-4,9-10H,5-8H2,1H3,(H,19,24)(H,22,23)/t9-,10-/m0/s1. The first kappa shape index (κ1) is 18.0. The van der Waals surface area contributed by atoms with Gasteiger partial charge in [-0.3, -0.25) is 4.79 Å². The number of carbonyl (C=O) groups excluding carboxylic acids is 1. The fourth-order valence-corrected chi connectivity index (χ4v) is 2.71. The van der Waals surface area contributed by atoms with Crippen LogP contribution in [0.3, 0.4) is 0 Å². The van der Waals surface area contributed by atoms with Crippen molar-refractivity contribution < 1.29 is 27.9 Å². The minimum atomic E-state index is -4.54. The van der Waals surface area contributed by atoms with Crippen LogP contribution in [0.4, 0.5) is 18.0 Å². The first-order valence-electron chi connectivity index (χ1n) is 7.45. The zero-order valence-corrected chi connectivity index (χ0v) is 13.0. The van der Waals surface area contributed by atoms with Gasteiger partial charge in [0.25, 0.3) is 0 Å². The van der Waals surface area contributed by atoms with E-state index in [-0.39, 0.29) is 24.7 Å². The van der Waals surface area contributed by atoms with Crippen molar-refractivity contribution in [1.29, 1.82) is 0 Å². The minimum Gasteiger partial charge on any atom is -0.481 e. The van der Waals surface area contributed by atoms with Gasteiger partial charge in [-0.1, -0.05) is 13.0 Å². The highest BCUT2D eigenvalue weighted by atomic mass is 19.4. The number of hydrogen-bond acceptors (Lipinski definition) is 3. The van der Waals surface area contributed by atoms with E-state index in [2.05, 4.69) is 10.3 Å². The third kappa shape index (κ3) is 4.59. The molecule has 1 aromatic heterocycles. The molecule has 0 aromatic carbocycles. The first-order valence-corrected chi connectivity index (χ1v) is 7.45. The van der Waals surface area contributed by atoms with Crippen LogP contribution >= 0.6 is 0 Å². The molecule has 0 radical (unpaired) electrons. The largest absolute Gasteiger partial charge is 0.481 e. The summed E-state index contributed by atoms with van der Waals surface area (Å²) in [4.78, 5) is 28.1. The predicted octanol–water partition coefficient (Wildman–Crippen LogP) is 2.35. The number of aromatic nitrogens is 1. The topological polar surface area (TPSA) is 82.5 Å². The normalized spacial score (nSPS) is 21.4. The maximum absolute atomic E-state index is 12.6. The summed E-state index contributed by atoms with van der Waals surface area (Å²) in [5.74, 6) is -1.55. The number of pyridine rings is 1. The Kier molecular flexibility index (Phi) is 5.30. The smallest absolute Gasteiger partial charge is 0.433 e. The van der Waals surface area contributed by atoms with Gasteiger partial charge in [0.05, 0.1) is 18.2 Å². The predicted molar refractivity (Wildman–Crippen MR) is 78.0 cm³/mol. The van der Waals surface area contributed by atoms with E-state index >= 15 is 0 Å². The SMILES string of the molecule is C[C@H]1C[C@H](C(=O)O)CN(C(=O)NCc2cccc(C(F)(F)F)n2)C1. The molecule has 2 atom stereocenters. The van der Waals surface area contributed by atoms with E-state index in [1.54, 1.807) is 0 Å². The molecule has 2 N–H and O–H groups in total. The third-order valence-electron chi connectivity index (χ3n) is 3.81. The number of piperidine rings is 1. The summed E-state index contributed by atoms with van der Waals surface area (Å²) in [5, 5.41) is 11.6. The van der Waals surface area contributed by atoms with Crippen LogP contribution in [-0.4, -0.2) is 40.1 Å². The monoisotopic (exact) mass is 345 g/mol. The number of aliphatic carboxylic acids is 1. The van der Waals surface area contributed by atoms with Gasteiger partial charge in [0.2, 0.25) is 0 Å². The van der Waals surface area contributed by atoms with Crippen molar-refractivity contribution in [2.24, 2.45) is 11.8 Å². The quantitative estimate of drug-likeness (QED) is 0.881. The molecule has 6 nitrogen and oxygen atoms in total. The number of rotatable bonds is 3. The van der Waals surface area contributed by atoms with Crippen molar-refractivity contribution in [2.75, 3.05) is 13.1 Å². The van der Waals surface area contributed by atoms with Gasteiger partial charge < -0.3 is 15.3 Å². The van der Waals surface area contributed by atoms with Crippen molar-refractivity contribution in [3.05, 3.63) is 29.6 Å². The van der Waals surface area contributed by atoms with Gasteiger partial charge in [0, 0.05) is 13.1 Å². The number of carboxylic acid groups (broad SMARTS) is 1. The second-order valence-corrected chi connectivity index (χ2v) is 5.95. The summed E-state index contributed by atoms with van der Waals surface area (Å²) in [6, 6.07) is 2.96. The Hall–Kier alpha value is -2.32. The van der Waals surface area contributed by atoms with E-state index in [4.69, 9.17) is 5.11 Å². The van der Waals surface area contributed by atoms with Crippen molar-refractivity contribution >= 4 is 12.0 Å². The van der Waals surface area contributed by atoms with Gasteiger partial charge in [0.15, 0.2) is 0 Å². The zero-order valence-electron chi connectivity index (χ0n) is 13.0. The van der Waals surface area contributed by atoms with Gasteiger partial charge in [0.1, 0.15) is 5.69 Å². The summed E-state index contributed by atoms with van der Waals surface area (Å²) in [7, 11) is 0. The maximum Gasteiger partial charge on any atom is 0.433 e.